The molecule has 0 saturated carbocycles. The molecule has 0 aromatic heterocycles. The lowest BCUT2D eigenvalue weighted by atomic mass is 10.1. The lowest BCUT2D eigenvalue weighted by Crippen LogP contribution is -2.48. The van der Waals surface area contributed by atoms with Crippen molar-refractivity contribution in [2.75, 3.05) is 0 Å². The first kappa shape index (κ1) is 12.4. The Morgan fingerprint density at radius 1 is 1.46 bits per heavy atom. The molecule has 78 valence electrons. The predicted octanol–water partition coefficient (Wildman–Crippen LogP) is 1.42. The number of hydrogen-bond acceptors (Lipinski definition) is 2. The maximum Gasteiger partial charge on any atom is 0.237 e. The zero-order chi connectivity index (χ0) is 10.5. The summed E-state index contributed by atoms with van der Waals surface area (Å²) < 4.78 is 0. The van der Waals surface area contributed by atoms with Crippen LogP contribution in [0.1, 0.15) is 47.0 Å². The number of amides is 1. The summed E-state index contributed by atoms with van der Waals surface area (Å²) in [6.45, 7) is 7.96. The molecule has 0 heterocycles. The highest BCUT2D eigenvalue weighted by Crippen LogP contribution is 2.02. The van der Waals surface area contributed by atoms with Gasteiger partial charge in [0.15, 0.2) is 0 Å². The van der Waals surface area contributed by atoms with Crippen molar-refractivity contribution < 1.29 is 4.79 Å². The smallest absolute Gasteiger partial charge is 0.237 e. The Labute approximate surface area is 81.1 Å². The first-order valence-electron chi connectivity index (χ1n) is 4.94. The normalized spacial score (nSPS) is 13.9. The summed E-state index contributed by atoms with van der Waals surface area (Å²) in [4.78, 5) is 11.4. The van der Waals surface area contributed by atoms with E-state index in [0.717, 1.165) is 19.3 Å². The van der Waals surface area contributed by atoms with E-state index in [4.69, 9.17) is 5.73 Å². The molecule has 0 radical (unpaired) electrons. The van der Waals surface area contributed by atoms with Gasteiger partial charge in [-0.3, -0.25) is 4.79 Å². The zero-order valence-electron chi connectivity index (χ0n) is 9.18. The van der Waals surface area contributed by atoms with Gasteiger partial charge in [-0.15, -0.1) is 0 Å². The van der Waals surface area contributed by atoms with E-state index in [9.17, 15) is 4.79 Å². The van der Waals surface area contributed by atoms with Gasteiger partial charge in [-0.2, -0.15) is 0 Å². The van der Waals surface area contributed by atoms with Gasteiger partial charge < -0.3 is 11.1 Å². The van der Waals surface area contributed by atoms with E-state index in [1.54, 1.807) is 0 Å². The Morgan fingerprint density at radius 3 is 2.38 bits per heavy atom. The average molecular weight is 186 g/mol. The molecule has 0 aromatic carbocycles. The summed E-state index contributed by atoms with van der Waals surface area (Å²) in [6.07, 6.45) is 2.87. The Balaban J connectivity index is 3.83. The molecule has 0 fully saturated rings. The molecule has 0 aliphatic carbocycles. The van der Waals surface area contributed by atoms with Gasteiger partial charge in [-0.1, -0.05) is 19.8 Å². The quantitative estimate of drug-likeness (QED) is 0.697. The molecule has 3 N–H and O–H groups in total. The van der Waals surface area contributed by atoms with E-state index in [-0.39, 0.29) is 17.5 Å². The molecule has 0 bridgehead atoms. The summed E-state index contributed by atoms with van der Waals surface area (Å²) >= 11 is 0. The topological polar surface area (TPSA) is 55.1 Å². The van der Waals surface area contributed by atoms with Crippen molar-refractivity contribution in [3.05, 3.63) is 0 Å². The summed E-state index contributed by atoms with van der Waals surface area (Å²) in [5.41, 5.74) is 5.52. The van der Waals surface area contributed by atoms with Gasteiger partial charge in [0.1, 0.15) is 0 Å². The molecule has 0 aliphatic heterocycles. The van der Waals surface area contributed by atoms with Gasteiger partial charge in [0.2, 0.25) is 5.91 Å². The van der Waals surface area contributed by atoms with Crippen LogP contribution < -0.4 is 11.1 Å². The molecule has 1 atom stereocenters. The Morgan fingerprint density at radius 2 is 2.00 bits per heavy atom. The number of nitrogens with one attached hydrogen (secondary N) is 1. The third-order valence-electron chi connectivity index (χ3n) is 1.70. The van der Waals surface area contributed by atoms with E-state index in [1.807, 2.05) is 20.8 Å². The van der Waals surface area contributed by atoms with Crippen molar-refractivity contribution in [1.29, 1.82) is 0 Å². The van der Waals surface area contributed by atoms with Gasteiger partial charge >= 0.3 is 0 Å². The second-order valence-corrected chi connectivity index (χ2v) is 4.49. The number of rotatable bonds is 4. The van der Waals surface area contributed by atoms with Gasteiger partial charge in [-0.25, -0.2) is 0 Å². The maximum atomic E-state index is 11.4. The van der Waals surface area contributed by atoms with Crippen LogP contribution in [-0.4, -0.2) is 17.5 Å². The van der Waals surface area contributed by atoms with Crippen LogP contribution in [0.15, 0.2) is 0 Å². The van der Waals surface area contributed by atoms with E-state index in [2.05, 4.69) is 12.2 Å². The predicted molar refractivity (Wildman–Crippen MR) is 55.4 cm³/mol. The third-order valence-corrected chi connectivity index (χ3v) is 1.70. The molecule has 0 spiro atoms. The monoisotopic (exact) mass is 186 g/mol. The lowest BCUT2D eigenvalue weighted by molar-refractivity contribution is -0.123. The number of carbonyl (C=O) groups is 1. The lowest BCUT2D eigenvalue weighted by Gasteiger charge is -2.23. The second-order valence-electron chi connectivity index (χ2n) is 4.49. The van der Waals surface area contributed by atoms with Crippen LogP contribution in [0.4, 0.5) is 0 Å². The van der Waals surface area contributed by atoms with Crippen molar-refractivity contribution in [3.8, 4) is 0 Å². The average Bonchev–Trinajstić information content (AvgIpc) is 1.96. The molecular weight excluding hydrogens is 164 g/mol. The van der Waals surface area contributed by atoms with E-state index in [1.165, 1.54) is 0 Å². The SMILES string of the molecule is CCCCC(N)C(=O)NC(C)(C)C. The zero-order valence-corrected chi connectivity index (χ0v) is 9.18. The molecule has 0 saturated heterocycles. The minimum absolute atomic E-state index is 0.0408. The molecule has 0 rings (SSSR count). The minimum Gasteiger partial charge on any atom is -0.350 e. The van der Waals surface area contributed by atoms with Crippen LogP contribution in [0, 0.1) is 0 Å². The number of carbonyl (C=O) groups excluding carboxylic acids is 1. The maximum absolute atomic E-state index is 11.4. The Hall–Kier alpha value is -0.570. The summed E-state index contributed by atoms with van der Waals surface area (Å²) in [6, 6.07) is -0.348. The van der Waals surface area contributed by atoms with E-state index < -0.39 is 0 Å². The molecule has 3 nitrogen and oxygen atoms in total. The Bertz CT molecular complexity index is 161. The highest BCUT2D eigenvalue weighted by atomic mass is 16.2. The molecule has 13 heavy (non-hydrogen) atoms. The first-order chi connectivity index (χ1) is 5.87. The van der Waals surface area contributed by atoms with Crippen LogP contribution in [-0.2, 0) is 4.79 Å². The fourth-order valence-electron chi connectivity index (χ4n) is 1.02. The summed E-state index contributed by atoms with van der Waals surface area (Å²) in [5, 5.41) is 2.86. The molecule has 0 aromatic rings. The van der Waals surface area contributed by atoms with Crippen LogP contribution in [0.25, 0.3) is 0 Å². The van der Waals surface area contributed by atoms with Crippen LogP contribution >= 0.6 is 0 Å². The minimum atomic E-state index is -0.348. The fourth-order valence-corrected chi connectivity index (χ4v) is 1.02. The molecule has 1 unspecified atom stereocenters. The molecule has 1 amide bonds. The van der Waals surface area contributed by atoms with Crippen molar-refractivity contribution in [2.45, 2.75) is 58.5 Å². The summed E-state index contributed by atoms with van der Waals surface area (Å²) in [7, 11) is 0. The van der Waals surface area contributed by atoms with Crippen LogP contribution in [0.2, 0.25) is 0 Å². The Kier molecular flexibility index (Phi) is 4.99. The second kappa shape index (κ2) is 5.22. The van der Waals surface area contributed by atoms with Gasteiger partial charge in [0.05, 0.1) is 6.04 Å². The van der Waals surface area contributed by atoms with E-state index in [0.29, 0.717) is 0 Å². The van der Waals surface area contributed by atoms with Crippen LogP contribution in [0.3, 0.4) is 0 Å². The van der Waals surface area contributed by atoms with Gasteiger partial charge in [0.25, 0.3) is 0 Å². The molecular formula is C10H22N2O. The third kappa shape index (κ3) is 6.58. The standard InChI is InChI=1S/C10H22N2O/c1-5-6-7-8(11)9(13)12-10(2,3)4/h8H,5-7,11H2,1-4H3,(H,12,13). The van der Waals surface area contributed by atoms with Crippen LogP contribution in [0.5, 0.6) is 0 Å². The first-order valence-corrected chi connectivity index (χ1v) is 4.94. The van der Waals surface area contributed by atoms with Crippen molar-refractivity contribution in [2.24, 2.45) is 5.73 Å². The number of hydrogen-bond donors (Lipinski definition) is 2. The molecule has 0 aliphatic rings. The van der Waals surface area contributed by atoms with Gasteiger partial charge in [0, 0.05) is 5.54 Å². The van der Waals surface area contributed by atoms with Crippen molar-refractivity contribution in [3.63, 3.8) is 0 Å². The summed E-state index contributed by atoms with van der Waals surface area (Å²) in [5.74, 6) is -0.0408. The highest BCUT2D eigenvalue weighted by molar-refractivity contribution is 5.82. The number of nitrogens with two attached hydrogens (primary N) is 1. The molecule has 3 heteroatoms. The van der Waals surface area contributed by atoms with E-state index >= 15 is 0 Å². The number of unbranched alkanes of at least 4 members (excludes halogenated alkanes) is 1. The van der Waals surface area contributed by atoms with Crippen molar-refractivity contribution >= 4 is 5.91 Å². The van der Waals surface area contributed by atoms with Crippen molar-refractivity contribution in [1.82, 2.24) is 5.32 Å². The fraction of sp³-hybridized carbons (Fsp3) is 0.900. The highest BCUT2D eigenvalue weighted by Gasteiger charge is 2.18. The van der Waals surface area contributed by atoms with Gasteiger partial charge in [-0.05, 0) is 27.2 Å². The largest absolute Gasteiger partial charge is 0.350 e.